The summed E-state index contributed by atoms with van der Waals surface area (Å²) in [5.41, 5.74) is 2.84. The molecule has 0 radical (unpaired) electrons. The van der Waals surface area contributed by atoms with Gasteiger partial charge in [0.25, 0.3) is 5.91 Å². The highest BCUT2D eigenvalue weighted by Gasteiger charge is 2.14. The Hall–Kier alpha value is -2.73. The molecular weight excluding hydrogens is 302 g/mol. The highest BCUT2D eigenvalue weighted by Crippen LogP contribution is 2.21. The van der Waals surface area contributed by atoms with Gasteiger partial charge in [0, 0.05) is 30.7 Å². The standard InChI is InChI=1S/C18H21N5O/c1-22(2)11-6-9-20-18(24)15-13-23-12-10-19-16(17(23)21-15)14-7-4-3-5-8-14/h3-5,7-8,10,12-13H,6,9,11H2,1-2H3,(H,20,24). The number of hydrogen-bond acceptors (Lipinski definition) is 4. The number of amides is 1. The number of carbonyl (C=O) groups excluding carboxylic acids is 1. The largest absolute Gasteiger partial charge is 0.351 e. The van der Waals surface area contributed by atoms with Crippen LogP contribution in [0.25, 0.3) is 16.9 Å². The van der Waals surface area contributed by atoms with Crippen LogP contribution >= 0.6 is 0 Å². The summed E-state index contributed by atoms with van der Waals surface area (Å²) in [5, 5.41) is 2.91. The summed E-state index contributed by atoms with van der Waals surface area (Å²) >= 11 is 0. The summed E-state index contributed by atoms with van der Waals surface area (Å²) in [5.74, 6) is -0.156. The number of hydrogen-bond donors (Lipinski definition) is 1. The number of aromatic nitrogens is 3. The maximum absolute atomic E-state index is 12.3. The van der Waals surface area contributed by atoms with Crippen LogP contribution in [0.5, 0.6) is 0 Å². The summed E-state index contributed by atoms with van der Waals surface area (Å²) in [6.07, 6.45) is 6.17. The summed E-state index contributed by atoms with van der Waals surface area (Å²) in [6, 6.07) is 9.85. The molecule has 0 aliphatic heterocycles. The van der Waals surface area contributed by atoms with Gasteiger partial charge >= 0.3 is 0 Å². The minimum absolute atomic E-state index is 0.156. The lowest BCUT2D eigenvalue weighted by Crippen LogP contribution is -2.27. The van der Waals surface area contributed by atoms with E-state index in [9.17, 15) is 4.79 Å². The number of carbonyl (C=O) groups is 1. The number of nitrogens with one attached hydrogen (secondary N) is 1. The maximum atomic E-state index is 12.3. The van der Waals surface area contributed by atoms with E-state index in [2.05, 4.69) is 20.2 Å². The van der Waals surface area contributed by atoms with Gasteiger partial charge in [0.1, 0.15) is 11.4 Å². The number of nitrogens with zero attached hydrogens (tertiary/aromatic N) is 4. The molecule has 6 nitrogen and oxygen atoms in total. The third-order valence-corrected chi connectivity index (χ3v) is 3.72. The SMILES string of the molecule is CN(C)CCCNC(=O)c1cn2ccnc(-c3ccccc3)c2n1. The zero-order valence-corrected chi connectivity index (χ0v) is 13.9. The number of fused-ring (bicyclic) bond motifs is 1. The topological polar surface area (TPSA) is 62.5 Å². The van der Waals surface area contributed by atoms with Gasteiger partial charge in [-0.2, -0.15) is 0 Å². The van der Waals surface area contributed by atoms with E-state index in [0.717, 1.165) is 24.2 Å². The van der Waals surface area contributed by atoms with Crippen molar-refractivity contribution in [3.63, 3.8) is 0 Å². The second kappa shape index (κ2) is 7.23. The van der Waals surface area contributed by atoms with E-state index in [1.165, 1.54) is 0 Å². The summed E-state index contributed by atoms with van der Waals surface area (Å²) < 4.78 is 1.84. The average molecular weight is 323 g/mol. The predicted molar refractivity (Wildman–Crippen MR) is 93.9 cm³/mol. The number of rotatable bonds is 6. The molecule has 3 aromatic rings. The zero-order chi connectivity index (χ0) is 16.9. The molecular formula is C18H21N5O. The fraction of sp³-hybridized carbons (Fsp3) is 0.278. The van der Waals surface area contributed by atoms with Gasteiger partial charge in [0.2, 0.25) is 0 Å². The van der Waals surface area contributed by atoms with Gasteiger partial charge in [0.05, 0.1) is 0 Å². The Morgan fingerprint density at radius 1 is 1.25 bits per heavy atom. The van der Waals surface area contributed by atoms with Crippen LogP contribution in [0.15, 0.2) is 48.9 Å². The third-order valence-electron chi connectivity index (χ3n) is 3.72. The van der Waals surface area contributed by atoms with Crippen molar-refractivity contribution in [1.82, 2.24) is 24.6 Å². The lowest BCUT2D eigenvalue weighted by Gasteiger charge is -2.09. The molecule has 0 fully saturated rings. The first-order valence-electron chi connectivity index (χ1n) is 7.97. The fourth-order valence-electron chi connectivity index (χ4n) is 2.52. The first-order chi connectivity index (χ1) is 11.6. The average Bonchev–Trinajstić information content (AvgIpc) is 3.03. The van der Waals surface area contributed by atoms with Gasteiger partial charge in [-0.3, -0.25) is 9.78 Å². The summed E-state index contributed by atoms with van der Waals surface area (Å²) in [4.78, 5) is 23.3. The Balaban J connectivity index is 1.80. The quantitative estimate of drug-likeness (QED) is 0.706. The smallest absolute Gasteiger partial charge is 0.271 e. The molecule has 0 saturated carbocycles. The normalized spacial score (nSPS) is 11.1. The monoisotopic (exact) mass is 323 g/mol. The lowest BCUT2D eigenvalue weighted by atomic mass is 10.1. The molecule has 1 aromatic carbocycles. The predicted octanol–water partition coefficient (Wildman–Crippen LogP) is 2.08. The van der Waals surface area contributed by atoms with E-state index in [0.29, 0.717) is 17.9 Å². The van der Waals surface area contributed by atoms with Crippen molar-refractivity contribution in [3.8, 4) is 11.3 Å². The highest BCUT2D eigenvalue weighted by molar-refractivity contribution is 5.93. The summed E-state index contributed by atoms with van der Waals surface area (Å²) in [6.45, 7) is 1.57. The molecule has 0 aliphatic rings. The Kier molecular flexibility index (Phi) is 4.86. The van der Waals surface area contributed by atoms with Crippen molar-refractivity contribution in [1.29, 1.82) is 0 Å². The van der Waals surface area contributed by atoms with Gasteiger partial charge in [-0.15, -0.1) is 0 Å². The van der Waals surface area contributed by atoms with Crippen molar-refractivity contribution in [3.05, 3.63) is 54.6 Å². The molecule has 1 amide bonds. The first-order valence-corrected chi connectivity index (χ1v) is 7.97. The zero-order valence-electron chi connectivity index (χ0n) is 13.9. The highest BCUT2D eigenvalue weighted by atomic mass is 16.1. The van der Waals surface area contributed by atoms with E-state index in [-0.39, 0.29) is 5.91 Å². The van der Waals surface area contributed by atoms with Gasteiger partial charge < -0.3 is 14.6 Å². The second-order valence-electron chi connectivity index (χ2n) is 5.91. The molecule has 0 bridgehead atoms. The molecule has 1 N–H and O–H groups in total. The van der Waals surface area contributed by atoms with Crippen molar-refractivity contribution >= 4 is 11.6 Å². The van der Waals surface area contributed by atoms with Crippen LogP contribution in [0.4, 0.5) is 0 Å². The Labute approximate surface area is 141 Å². The molecule has 0 atom stereocenters. The molecule has 6 heteroatoms. The minimum atomic E-state index is -0.156. The minimum Gasteiger partial charge on any atom is -0.351 e. The molecule has 0 saturated heterocycles. The van der Waals surface area contributed by atoms with Crippen molar-refractivity contribution in [2.75, 3.05) is 27.2 Å². The van der Waals surface area contributed by atoms with Gasteiger partial charge in [-0.1, -0.05) is 30.3 Å². The van der Waals surface area contributed by atoms with Crippen LogP contribution in [0.2, 0.25) is 0 Å². The fourth-order valence-corrected chi connectivity index (χ4v) is 2.52. The van der Waals surface area contributed by atoms with Crippen molar-refractivity contribution in [2.45, 2.75) is 6.42 Å². The van der Waals surface area contributed by atoms with E-state index in [4.69, 9.17) is 0 Å². The maximum Gasteiger partial charge on any atom is 0.271 e. The van der Waals surface area contributed by atoms with Gasteiger partial charge in [-0.05, 0) is 27.1 Å². The van der Waals surface area contributed by atoms with Crippen molar-refractivity contribution in [2.24, 2.45) is 0 Å². The van der Waals surface area contributed by atoms with Crippen molar-refractivity contribution < 1.29 is 4.79 Å². The van der Waals surface area contributed by atoms with Crippen LogP contribution < -0.4 is 5.32 Å². The van der Waals surface area contributed by atoms with E-state index in [1.807, 2.05) is 48.8 Å². The van der Waals surface area contributed by atoms with E-state index < -0.39 is 0 Å². The van der Waals surface area contributed by atoms with Crippen LogP contribution in [-0.4, -0.2) is 52.4 Å². The third kappa shape index (κ3) is 3.60. The van der Waals surface area contributed by atoms with Gasteiger partial charge in [0.15, 0.2) is 5.65 Å². The Morgan fingerprint density at radius 2 is 2.04 bits per heavy atom. The number of imidazole rings is 1. The molecule has 2 heterocycles. The van der Waals surface area contributed by atoms with Gasteiger partial charge in [-0.25, -0.2) is 4.98 Å². The second-order valence-corrected chi connectivity index (χ2v) is 5.91. The Bertz CT molecular complexity index is 826. The molecule has 3 rings (SSSR count). The number of benzene rings is 1. The molecule has 0 aliphatic carbocycles. The summed E-state index contributed by atoms with van der Waals surface area (Å²) in [7, 11) is 4.03. The molecule has 0 unspecified atom stereocenters. The molecule has 124 valence electrons. The van der Waals surface area contributed by atoms with Crippen LogP contribution in [-0.2, 0) is 0 Å². The first kappa shape index (κ1) is 16.1. The molecule has 24 heavy (non-hydrogen) atoms. The molecule has 0 spiro atoms. The lowest BCUT2D eigenvalue weighted by molar-refractivity contribution is 0.0948. The van der Waals surface area contributed by atoms with E-state index in [1.54, 1.807) is 18.6 Å². The van der Waals surface area contributed by atoms with E-state index >= 15 is 0 Å². The Morgan fingerprint density at radius 3 is 2.79 bits per heavy atom. The van der Waals surface area contributed by atoms with Crippen LogP contribution in [0, 0.1) is 0 Å². The van der Waals surface area contributed by atoms with Crippen LogP contribution in [0.1, 0.15) is 16.9 Å². The molecule has 2 aromatic heterocycles. The van der Waals surface area contributed by atoms with Crippen LogP contribution in [0.3, 0.4) is 0 Å².